The van der Waals surface area contributed by atoms with E-state index in [-0.39, 0.29) is 5.92 Å². The number of allylic oxidation sites excluding steroid dienone is 1. The van der Waals surface area contributed by atoms with Gasteiger partial charge in [-0.2, -0.15) is 5.26 Å². The lowest BCUT2D eigenvalue weighted by Gasteiger charge is -2.06. The summed E-state index contributed by atoms with van der Waals surface area (Å²) in [6.07, 6.45) is 3.95. The van der Waals surface area contributed by atoms with Gasteiger partial charge in [-0.3, -0.25) is 0 Å². The molecule has 0 aromatic rings. The molecule has 0 fully saturated rings. The third-order valence-electron chi connectivity index (χ3n) is 1.49. The Balaban J connectivity index is 2.71. The van der Waals surface area contributed by atoms with E-state index in [0.717, 1.165) is 12.7 Å². The van der Waals surface area contributed by atoms with Crippen LogP contribution in [0.15, 0.2) is 17.4 Å². The average Bonchev–Trinajstić information content (AvgIpc) is 2.05. The third-order valence-corrected chi connectivity index (χ3v) is 1.49. The molecule has 1 atom stereocenters. The number of aldehydes is 1. The molecule has 0 saturated heterocycles. The van der Waals surface area contributed by atoms with Gasteiger partial charge >= 0.3 is 0 Å². The highest BCUT2D eigenvalue weighted by Gasteiger charge is 2.10. The molecule has 0 heterocycles. The van der Waals surface area contributed by atoms with E-state index >= 15 is 0 Å². The summed E-state index contributed by atoms with van der Waals surface area (Å²) in [7, 11) is 0. The molecule has 2 heteroatoms. The summed E-state index contributed by atoms with van der Waals surface area (Å²) in [4.78, 5) is 10.3. The summed E-state index contributed by atoms with van der Waals surface area (Å²) in [6.45, 7) is 0. The number of hydrogen-bond acceptors (Lipinski definition) is 2. The van der Waals surface area contributed by atoms with Crippen molar-refractivity contribution in [2.24, 2.45) is 5.92 Å². The Kier molecular flexibility index (Phi) is 2.04. The van der Waals surface area contributed by atoms with Crippen molar-refractivity contribution in [1.29, 1.82) is 5.26 Å². The summed E-state index contributed by atoms with van der Waals surface area (Å²) < 4.78 is 0. The standard InChI is InChI=1S/C8H7NO/c9-5-7-2-1-3-8(4-7)6-10/h1,6,8H,3-4H2. The van der Waals surface area contributed by atoms with Crippen LogP contribution >= 0.6 is 0 Å². The lowest BCUT2D eigenvalue weighted by atomic mass is 9.95. The van der Waals surface area contributed by atoms with Crippen molar-refractivity contribution in [3.8, 4) is 6.07 Å². The molecule has 1 aliphatic rings. The Morgan fingerprint density at radius 1 is 1.90 bits per heavy atom. The molecule has 2 nitrogen and oxygen atoms in total. The van der Waals surface area contributed by atoms with Crippen LogP contribution in [0.1, 0.15) is 12.8 Å². The zero-order chi connectivity index (χ0) is 7.40. The van der Waals surface area contributed by atoms with Crippen molar-refractivity contribution in [2.45, 2.75) is 12.8 Å². The summed E-state index contributed by atoms with van der Waals surface area (Å²) in [5, 5.41) is 8.42. The predicted octanol–water partition coefficient (Wildman–Crippen LogP) is 1.20. The van der Waals surface area contributed by atoms with E-state index in [1.54, 1.807) is 6.08 Å². The summed E-state index contributed by atoms with van der Waals surface area (Å²) in [5.41, 5.74) is 3.39. The molecule has 1 unspecified atom stereocenters. The number of carbonyl (C=O) groups is 1. The van der Waals surface area contributed by atoms with Crippen LogP contribution in [0.5, 0.6) is 0 Å². The topological polar surface area (TPSA) is 40.9 Å². The first-order chi connectivity index (χ1) is 4.86. The Morgan fingerprint density at radius 2 is 2.70 bits per heavy atom. The van der Waals surface area contributed by atoms with Gasteiger partial charge in [0.1, 0.15) is 12.4 Å². The van der Waals surface area contributed by atoms with Gasteiger partial charge in [-0.1, -0.05) is 0 Å². The molecule has 0 radical (unpaired) electrons. The molecular weight excluding hydrogens is 126 g/mol. The van der Waals surface area contributed by atoms with E-state index in [1.165, 1.54) is 0 Å². The highest BCUT2D eigenvalue weighted by molar-refractivity contribution is 5.55. The minimum atomic E-state index is 0.0101. The van der Waals surface area contributed by atoms with Crippen LogP contribution in [0.25, 0.3) is 0 Å². The van der Waals surface area contributed by atoms with E-state index in [9.17, 15) is 4.79 Å². The fraction of sp³-hybridized carbons (Fsp3) is 0.375. The average molecular weight is 133 g/mol. The maximum atomic E-state index is 10.3. The van der Waals surface area contributed by atoms with Crippen LogP contribution in [-0.2, 0) is 4.79 Å². The largest absolute Gasteiger partial charge is 0.303 e. The number of rotatable bonds is 1. The summed E-state index contributed by atoms with van der Waals surface area (Å²) in [6, 6.07) is 1.98. The molecule has 0 aliphatic heterocycles. The van der Waals surface area contributed by atoms with Crippen molar-refractivity contribution in [1.82, 2.24) is 0 Å². The number of carbonyl (C=O) groups excluding carboxylic acids is 1. The van der Waals surface area contributed by atoms with Gasteiger partial charge in [0.05, 0.1) is 5.57 Å². The molecule has 50 valence electrons. The predicted molar refractivity (Wildman–Crippen MR) is 36.0 cm³/mol. The highest BCUT2D eigenvalue weighted by Crippen LogP contribution is 2.16. The molecular formula is C8H7NO. The van der Waals surface area contributed by atoms with Crippen LogP contribution in [0.2, 0.25) is 0 Å². The first-order valence-electron chi connectivity index (χ1n) is 3.16. The Hall–Kier alpha value is -1.32. The molecule has 0 N–H and O–H groups in total. The van der Waals surface area contributed by atoms with Crippen molar-refractivity contribution in [3.05, 3.63) is 17.4 Å². The van der Waals surface area contributed by atoms with Crippen molar-refractivity contribution in [2.75, 3.05) is 0 Å². The van der Waals surface area contributed by atoms with Gasteiger partial charge in [0.15, 0.2) is 0 Å². The smallest absolute Gasteiger partial charge is 0.123 e. The van der Waals surface area contributed by atoms with Gasteiger partial charge in [0.25, 0.3) is 0 Å². The fourth-order valence-electron chi connectivity index (χ4n) is 0.920. The lowest BCUT2D eigenvalue weighted by molar-refractivity contribution is -0.111. The maximum Gasteiger partial charge on any atom is 0.123 e. The molecule has 0 aromatic heterocycles. The molecule has 0 bridgehead atoms. The van der Waals surface area contributed by atoms with E-state index < -0.39 is 0 Å². The minimum Gasteiger partial charge on any atom is -0.303 e. The second-order valence-corrected chi connectivity index (χ2v) is 2.27. The van der Waals surface area contributed by atoms with Gasteiger partial charge in [0.2, 0.25) is 0 Å². The van der Waals surface area contributed by atoms with Crippen molar-refractivity contribution < 1.29 is 4.79 Å². The van der Waals surface area contributed by atoms with Crippen molar-refractivity contribution in [3.63, 3.8) is 0 Å². The van der Waals surface area contributed by atoms with Crippen LogP contribution in [0.4, 0.5) is 0 Å². The zero-order valence-corrected chi connectivity index (χ0v) is 5.50. The van der Waals surface area contributed by atoms with Gasteiger partial charge in [-0.25, -0.2) is 0 Å². The molecule has 0 saturated carbocycles. The van der Waals surface area contributed by atoms with Gasteiger partial charge in [0, 0.05) is 5.92 Å². The Morgan fingerprint density at radius 3 is 3.30 bits per heavy atom. The van der Waals surface area contributed by atoms with E-state index in [2.05, 4.69) is 5.73 Å². The molecule has 1 aliphatic carbocycles. The summed E-state index contributed by atoms with van der Waals surface area (Å²) in [5.74, 6) is 0.0101. The quantitative estimate of drug-likeness (QED) is 0.398. The Bertz CT molecular complexity index is 240. The van der Waals surface area contributed by atoms with Crippen molar-refractivity contribution >= 4 is 6.29 Å². The monoisotopic (exact) mass is 133 g/mol. The second-order valence-electron chi connectivity index (χ2n) is 2.27. The lowest BCUT2D eigenvalue weighted by Crippen LogP contribution is -2.03. The number of nitrogens with zero attached hydrogens (tertiary/aromatic N) is 1. The number of nitriles is 1. The molecule has 0 spiro atoms. The number of hydrogen-bond donors (Lipinski definition) is 0. The maximum absolute atomic E-state index is 10.3. The van der Waals surface area contributed by atoms with Crippen LogP contribution < -0.4 is 0 Å². The fourth-order valence-corrected chi connectivity index (χ4v) is 0.920. The molecule has 1 rings (SSSR count). The van der Waals surface area contributed by atoms with Crippen LogP contribution in [-0.4, -0.2) is 6.29 Å². The highest BCUT2D eigenvalue weighted by atomic mass is 16.1. The normalized spacial score (nSPS) is 23.1. The molecule has 10 heavy (non-hydrogen) atoms. The van der Waals surface area contributed by atoms with Crippen LogP contribution in [0, 0.1) is 17.2 Å². The minimum absolute atomic E-state index is 0.0101. The van der Waals surface area contributed by atoms with E-state index in [0.29, 0.717) is 12.0 Å². The van der Waals surface area contributed by atoms with Gasteiger partial charge < -0.3 is 4.79 Å². The summed E-state index contributed by atoms with van der Waals surface area (Å²) >= 11 is 0. The zero-order valence-electron chi connectivity index (χ0n) is 5.50. The first kappa shape index (κ1) is 6.80. The van der Waals surface area contributed by atoms with Gasteiger partial charge in [-0.05, 0) is 18.9 Å². The Labute approximate surface area is 59.5 Å². The molecule has 0 aromatic carbocycles. The molecule has 0 amide bonds. The van der Waals surface area contributed by atoms with E-state index in [1.807, 2.05) is 6.07 Å². The van der Waals surface area contributed by atoms with E-state index in [4.69, 9.17) is 5.26 Å². The SMILES string of the molecule is N#CC1=C=CCC(C=O)C1. The van der Waals surface area contributed by atoms with Gasteiger partial charge in [-0.15, -0.1) is 5.73 Å². The van der Waals surface area contributed by atoms with Crippen LogP contribution in [0.3, 0.4) is 0 Å². The third kappa shape index (κ3) is 1.34. The second kappa shape index (κ2) is 3.00. The first-order valence-corrected chi connectivity index (χ1v) is 3.16.